The molecular weight excluding hydrogens is 234 g/mol. The van der Waals surface area contributed by atoms with E-state index in [9.17, 15) is 0 Å². The summed E-state index contributed by atoms with van der Waals surface area (Å²) in [6, 6.07) is 5.22. The van der Waals surface area contributed by atoms with Gasteiger partial charge < -0.3 is 9.64 Å². The SMILES string of the molecule is COc1ccc(C[NH+](C)C2CCCCC2)c(C)c1C. The molecule has 0 bridgehead atoms. The maximum absolute atomic E-state index is 5.40. The number of ether oxygens (including phenoxy) is 1. The highest BCUT2D eigenvalue weighted by Crippen LogP contribution is 2.23. The van der Waals surface area contributed by atoms with E-state index in [1.165, 1.54) is 48.8 Å². The fraction of sp³-hybridized carbons (Fsp3) is 0.647. The van der Waals surface area contributed by atoms with Crippen LogP contribution in [-0.2, 0) is 6.54 Å². The Balaban J connectivity index is 2.08. The summed E-state index contributed by atoms with van der Waals surface area (Å²) in [7, 11) is 4.11. The minimum Gasteiger partial charge on any atom is -0.496 e. The molecule has 1 fully saturated rings. The molecule has 1 aliphatic rings. The minimum atomic E-state index is 0.857. The average Bonchev–Trinajstić information content (AvgIpc) is 2.45. The fourth-order valence-corrected chi connectivity index (χ4v) is 3.30. The lowest BCUT2D eigenvalue weighted by atomic mass is 9.93. The topological polar surface area (TPSA) is 13.7 Å². The third-order valence-electron chi connectivity index (χ3n) is 4.84. The van der Waals surface area contributed by atoms with Crippen molar-refractivity contribution < 1.29 is 9.64 Å². The maximum atomic E-state index is 5.40. The van der Waals surface area contributed by atoms with Gasteiger partial charge in [0.05, 0.1) is 20.2 Å². The van der Waals surface area contributed by atoms with Crippen molar-refractivity contribution in [3.63, 3.8) is 0 Å². The van der Waals surface area contributed by atoms with Crippen molar-refractivity contribution in [3.8, 4) is 5.75 Å². The molecule has 0 spiro atoms. The molecule has 1 aromatic carbocycles. The standard InChI is InChI=1S/C17H27NO/c1-13-14(2)17(19-4)11-10-15(13)12-18(3)16-8-6-5-7-9-16/h10-11,16H,5-9,12H2,1-4H3/p+1. The number of hydrogen-bond donors (Lipinski definition) is 1. The molecule has 0 aliphatic heterocycles. The molecule has 1 aromatic rings. The zero-order chi connectivity index (χ0) is 13.8. The Bertz CT molecular complexity index is 422. The second-order valence-corrected chi connectivity index (χ2v) is 6.04. The molecule has 0 saturated heterocycles. The minimum absolute atomic E-state index is 0.857. The van der Waals surface area contributed by atoms with Gasteiger partial charge in [-0.3, -0.25) is 0 Å². The Morgan fingerprint density at radius 1 is 1.11 bits per heavy atom. The zero-order valence-electron chi connectivity index (χ0n) is 12.9. The third-order valence-corrected chi connectivity index (χ3v) is 4.84. The van der Waals surface area contributed by atoms with Gasteiger partial charge in [-0.2, -0.15) is 0 Å². The molecule has 1 atom stereocenters. The molecule has 0 heterocycles. The quantitative estimate of drug-likeness (QED) is 0.881. The van der Waals surface area contributed by atoms with Crippen LogP contribution < -0.4 is 9.64 Å². The van der Waals surface area contributed by atoms with Crippen molar-refractivity contribution in [1.82, 2.24) is 0 Å². The highest BCUT2D eigenvalue weighted by Gasteiger charge is 2.22. The van der Waals surface area contributed by atoms with Crippen LogP contribution in [-0.4, -0.2) is 20.2 Å². The summed E-state index contributed by atoms with van der Waals surface area (Å²) >= 11 is 0. The van der Waals surface area contributed by atoms with E-state index in [2.05, 4.69) is 33.0 Å². The number of nitrogens with one attached hydrogen (secondary N) is 1. The highest BCUT2D eigenvalue weighted by atomic mass is 16.5. The second-order valence-electron chi connectivity index (χ2n) is 6.04. The van der Waals surface area contributed by atoms with E-state index < -0.39 is 0 Å². The molecule has 2 heteroatoms. The molecule has 2 rings (SSSR count). The molecule has 0 aromatic heterocycles. The first kappa shape index (κ1) is 14.4. The molecule has 2 nitrogen and oxygen atoms in total. The zero-order valence-corrected chi connectivity index (χ0v) is 12.9. The largest absolute Gasteiger partial charge is 0.496 e. The molecule has 0 amide bonds. The van der Waals surface area contributed by atoms with Gasteiger partial charge in [-0.05, 0) is 62.8 Å². The molecule has 0 radical (unpaired) electrons. The van der Waals surface area contributed by atoms with Gasteiger partial charge in [0.2, 0.25) is 0 Å². The van der Waals surface area contributed by atoms with Crippen molar-refractivity contribution in [1.29, 1.82) is 0 Å². The second kappa shape index (κ2) is 6.42. The predicted molar refractivity (Wildman–Crippen MR) is 79.9 cm³/mol. The van der Waals surface area contributed by atoms with Gasteiger partial charge in [-0.25, -0.2) is 0 Å². The average molecular weight is 262 g/mol. The molecule has 1 aliphatic carbocycles. The van der Waals surface area contributed by atoms with E-state index in [0.29, 0.717) is 0 Å². The van der Waals surface area contributed by atoms with Crippen LogP contribution in [0.1, 0.15) is 48.8 Å². The van der Waals surface area contributed by atoms with Crippen LogP contribution in [0.25, 0.3) is 0 Å². The first-order chi connectivity index (χ1) is 9.13. The smallest absolute Gasteiger partial charge is 0.122 e. The molecular formula is C17H28NO+. The van der Waals surface area contributed by atoms with Gasteiger partial charge in [0, 0.05) is 5.56 Å². The normalized spacial score (nSPS) is 18.3. The third kappa shape index (κ3) is 3.30. The number of rotatable bonds is 4. The maximum Gasteiger partial charge on any atom is 0.122 e. The van der Waals surface area contributed by atoms with E-state index in [-0.39, 0.29) is 0 Å². The van der Waals surface area contributed by atoms with Crippen LogP contribution in [0.5, 0.6) is 5.75 Å². The summed E-state index contributed by atoms with van der Waals surface area (Å²) < 4.78 is 5.40. The van der Waals surface area contributed by atoms with Crippen molar-refractivity contribution in [2.45, 2.75) is 58.5 Å². The van der Waals surface area contributed by atoms with Crippen LogP contribution in [0.4, 0.5) is 0 Å². The number of methoxy groups -OCH3 is 1. The van der Waals surface area contributed by atoms with Crippen LogP contribution in [0.3, 0.4) is 0 Å². The Kier molecular flexibility index (Phi) is 4.87. The van der Waals surface area contributed by atoms with E-state index in [1.54, 1.807) is 12.0 Å². The van der Waals surface area contributed by atoms with Crippen LogP contribution in [0, 0.1) is 13.8 Å². The van der Waals surface area contributed by atoms with Gasteiger partial charge >= 0.3 is 0 Å². The van der Waals surface area contributed by atoms with Crippen molar-refractivity contribution in [3.05, 3.63) is 28.8 Å². The monoisotopic (exact) mass is 262 g/mol. The summed E-state index contributed by atoms with van der Waals surface area (Å²) in [5, 5.41) is 0. The van der Waals surface area contributed by atoms with Crippen LogP contribution >= 0.6 is 0 Å². The highest BCUT2D eigenvalue weighted by molar-refractivity contribution is 5.43. The first-order valence-corrected chi connectivity index (χ1v) is 7.59. The molecule has 1 N–H and O–H groups in total. The lowest BCUT2D eigenvalue weighted by Crippen LogP contribution is -3.11. The van der Waals surface area contributed by atoms with Gasteiger partial charge in [-0.15, -0.1) is 0 Å². The summed E-state index contributed by atoms with van der Waals surface area (Å²) in [6.45, 7) is 5.52. The Hall–Kier alpha value is -1.02. The molecule has 1 saturated carbocycles. The molecule has 19 heavy (non-hydrogen) atoms. The first-order valence-electron chi connectivity index (χ1n) is 7.59. The molecule has 1 unspecified atom stereocenters. The fourth-order valence-electron chi connectivity index (χ4n) is 3.30. The van der Waals surface area contributed by atoms with E-state index >= 15 is 0 Å². The summed E-state index contributed by atoms with van der Waals surface area (Å²) in [4.78, 5) is 1.67. The summed E-state index contributed by atoms with van der Waals surface area (Å²) in [6.07, 6.45) is 7.08. The number of quaternary nitrogens is 1. The lowest BCUT2D eigenvalue weighted by molar-refractivity contribution is -0.921. The molecule has 106 valence electrons. The summed E-state index contributed by atoms with van der Waals surface area (Å²) in [5.41, 5.74) is 4.16. The Labute approximate surface area is 117 Å². The summed E-state index contributed by atoms with van der Waals surface area (Å²) in [5.74, 6) is 1.01. The van der Waals surface area contributed by atoms with Crippen LogP contribution in [0.15, 0.2) is 12.1 Å². The van der Waals surface area contributed by atoms with Gasteiger partial charge in [0.1, 0.15) is 12.3 Å². The Morgan fingerprint density at radius 2 is 1.79 bits per heavy atom. The van der Waals surface area contributed by atoms with Gasteiger partial charge in [0.25, 0.3) is 0 Å². The van der Waals surface area contributed by atoms with Gasteiger partial charge in [-0.1, -0.05) is 6.42 Å². The van der Waals surface area contributed by atoms with E-state index in [0.717, 1.165) is 18.3 Å². The number of hydrogen-bond acceptors (Lipinski definition) is 1. The Morgan fingerprint density at radius 3 is 2.42 bits per heavy atom. The van der Waals surface area contributed by atoms with Crippen molar-refractivity contribution in [2.24, 2.45) is 0 Å². The van der Waals surface area contributed by atoms with Crippen LogP contribution in [0.2, 0.25) is 0 Å². The van der Waals surface area contributed by atoms with Crippen molar-refractivity contribution >= 4 is 0 Å². The predicted octanol–water partition coefficient (Wildman–Crippen LogP) is 2.66. The van der Waals surface area contributed by atoms with Gasteiger partial charge in [0.15, 0.2) is 0 Å². The van der Waals surface area contributed by atoms with E-state index in [4.69, 9.17) is 4.74 Å². The van der Waals surface area contributed by atoms with E-state index in [1.807, 2.05) is 0 Å². The lowest BCUT2D eigenvalue weighted by Gasteiger charge is -2.29. The van der Waals surface area contributed by atoms with Crippen molar-refractivity contribution in [2.75, 3.05) is 14.2 Å². The number of benzene rings is 1.